The van der Waals surface area contributed by atoms with E-state index in [1.165, 1.54) is 50.9 Å². The van der Waals surface area contributed by atoms with E-state index in [0.717, 1.165) is 11.8 Å². The highest BCUT2D eigenvalue weighted by Crippen LogP contribution is 2.42. The first-order chi connectivity index (χ1) is 9.40. The molecule has 1 heterocycles. The van der Waals surface area contributed by atoms with Crippen molar-refractivity contribution < 1.29 is 0 Å². The van der Waals surface area contributed by atoms with Crippen molar-refractivity contribution >= 4 is 0 Å². The molecule has 20 heavy (non-hydrogen) atoms. The Labute approximate surface area is 124 Å². The molecule has 2 aliphatic carbocycles. The minimum absolute atomic E-state index is 0.436. The lowest BCUT2D eigenvalue weighted by Crippen LogP contribution is -2.50. The van der Waals surface area contributed by atoms with Crippen LogP contribution in [-0.4, -0.2) is 24.5 Å². The van der Waals surface area contributed by atoms with Crippen LogP contribution in [0, 0.1) is 17.3 Å². The third-order valence-electron chi connectivity index (χ3n) is 4.99. The summed E-state index contributed by atoms with van der Waals surface area (Å²) in [7, 11) is 0. The van der Waals surface area contributed by atoms with Gasteiger partial charge in [-0.2, -0.15) is 0 Å². The molecule has 1 nitrogen and oxygen atoms in total. The number of allylic oxidation sites excluding steroid dienone is 4. The molecule has 0 atom stereocenters. The first-order valence-corrected chi connectivity index (χ1v) is 8.19. The zero-order valence-electron chi connectivity index (χ0n) is 13.4. The molecule has 0 unspecified atom stereocenters. The largest absolute Gasteiger partial charge is 0.302 e. The molecular weight excluding hydrogens is 242 g/mol. The number of nitrogens with zero attached hydrogens (tertiary/aromatic N) is 1. The van der Waals surface area contributed by atoms with Crippen LogP contribution in [0.1, 0.15) is 46.5 Å². The zero-order valence-corrected chi connectivity index (χ0v) is 13.4. The molecule has 110 valence electrons. The van der Waals surface area contributed by atoms with Crippen LogP contribution in [0.2, 0.25) is 0 Å². The summed E-state index contributed by atoms with van der Waals surface area (Å²) in [5, 5.41) is 0. The number of hydrogen-bond donors (Lipinski definition) is 0. The molecule has 1 heteroatoms. The molecule has 0 N–H and O–H groups in total. The van der Waals surface area contributed by atoms with Crippen molar-refractivity contribution in [1.29, 1.82) is 0 Å². The van der Waals surface area contributed by atoms with Gasteiger partial charge in [-0.25, -0.2) is 0 Å². The van der Waals surface area contributed by atoms with Crippen LogP contribution in [0.4, 0.5) is 0 Å². The van der Waals surface area contributed by atoms with Gasteiger partial charge in [0.1, 0.15) is 0 Å². The van der Waals surface area contributed by atoms with E-state index in [1.807, 2.05) is 0 Å². The van der Waals surface area contributed by atoms with Crippen molar-refractivity contribution in [3.05, 3.63) is 35.5 Å². The first kappa shape index (κ1) is 14.1. The van der Waals surface area contributed by atoms with Crippen LogP contribution in [0.25, 0.3) is 0 Å². The van der Waals surface area contributed by atoms with Crippen LogP contribution < -0.4 is 0 Å². The molecule has 0 spiro atoms. The Morgan fingerprint density at radius 2 is 1.60 bits per heavy atom. The van der Waals surface area contributed by atoms with Crippen molar-refractivity contribution in [2.24, 2.45) is 17.3 Å². The summed E-state index contributed by atoms with van der Waals surface area (Å²) in [5.41, 5.74) is 5.28. The van der Waals surface area contributed by atoms with Crippen LogP contribution >= 0.6 is 0 Å². The van der Waals surface area contributed by atoms with E-state index in [2.05, 4.69) is 44.4 Å². The van der Waals surface area contributed by atoms with E-state index in [4.69, 9.17) is 0 Å². The lowest BCUT2D eigenvalue weighted by Gasteiger charge is -2.44. The van der Waals surface area contributed by atoms with Gasteiger partial charge >= 0.3 is 0 Å². The molecule has 3 aliphatic rings. The van der Waals surface area contributed by atoms with E-state index < -0.39 is 0 Å². The second-order valence-electron chi connectivity index (χ2n) is 8.29. The maximum absolute atomic E-state index is 4.06. The van der Waals surface area contributed by atoms with Crippen molar-refractivity contribution in [1.82, 2.24) is 4.90 Å². The summed E-state index contributed by atoms with van der Waals surface area (Å²) in [6.07, 6.45) is 9.99. The maximum atomic E-state index is 4.06. The van der Waals surface area contributed by atoms with Crippen molar-refractivity contribution in [2.75, 3.05) is 19.6 Å². The van der Waals surface area contributed by atoms with Gasteiger partial charge in [-0.05, 0) is 37.0 Å². The highest BCUT2D eigenvalue weighted by Gasteiger charge is 2.33. The molecule has 0 aromatic carbocycles. The van der Waals surface area contributed by atoms with E-state index in [9.17, 15) is 0 Å². The van der Waals surface area contributed by atoms with Gasteiger partial charge in [0.2, 0.25) is 0 Å². The summed E-state index contributed by atoms with van der Waals surface area (Å²) >= 11 is 0. The summed E-state index contributed by atoms with van der Waals surface area (Å²) in [5.74, 6) is 1.67. The SMILES string of the molecule is C=C1CC(C2=CC=C(C3CN(CC(C)(C)C)C3)CC2)C1. The highest BCUT2D eigenvalue weighted by molar-refractivity contribution is 5.32. The van der Waals surface area contributed by atoms with Gasteiger partial charge in [0, 0.05) is 25.6 Å². The maximum Gasteiger partial charge on any atom is 0.00599 e. The Bertz CT molecular complexity index is 447. The summed E-state index contributed by atoms with van der Waals surface area (Å²) in [4.78, 5) is 2.61. The minimum atomic E-state index is 0.436. The second kappa shape index (κ2) is 5.18. The number of likely N-dealkylation sites (tertiary alicyclic amines) is 1. The standard InChI is InChI=1S/C19H29N/c1-14-9-17(10-14)15-5-7-16(8-6-15)18-11-20(12-18)13-19(2,3)4/h5,7,17-18H,1,6,8-13H2,2-4H3. The number of hydrogen-bond acceptors (Lipinski definition) is 1. The quantitative estimate of drug-likeness (QED) is 0.679. The predicted molar refractivity (Wildman–Crippen MR) is 86.6 cm³/mol. The second-order valence-corrected chi connectivity index (χ2v) is 8.29. The van der Waals surface area contributed by atoms with Gasteiger partial charge in [-0.15, -0.1) is 0 Å². The molecule has 0 aromatic heterocycles. The summed E-state index contributed by atoms with van der Waals surface area (Å²) < 4.78 is 0. The Hall–Kier alpha value is -0.820. The van der Waals surface area contributed by atoms with Gasteiger partial charge in [0.25, 0.3) is 0 Å². The monoisotopic (exact) mass is 271 g/mol. The molecule has 2 fully saturated rings. The van der Waals surface area contributed by atoms with Gasteiger partial charge in [-0.1, -0.05) is 56.2 Å². The van der Waals surface area contributed by atoms with E-state index >= 15 is 0 Å². The van der Waals surface area contributed by atoms with E-state index in [-0.39, 0.29) is 0 Å². The highest BCUT2D eigenvalue weighted by atomic mass is 15.2. The molecule has 0 bridgehead atoms. The lowest BCUT2D eigenvalue weighted by molar-refractivity contribution is 0.0801. The molecule has 0 amide bonds. The minimum Gasteiger partial charge on any atom is -0.302 e. The summed E-state index contributed by atoms with van der Waals surface area (Å²) in [6.45, 7) is 14.9. The van der Waals surface area contributed by atoms with Crippen molar-refractivity contribution in [3.8, 4) is 0 Å². The van der Waals surface area contributed by atoms with Gasteiger partial charge in [0.05, 0.1) is 0 Å². The smallest absolute Gasteiger partial charge is 0.00599 e. The van der Waals surface area contributed by atoms with Crippen LogP contribution in [0.5, 0.6) is 0 Å². The fourth-order valence-electron chi connectivity index (χ4n) is 3.85. The van der Waals surface area contributed by atoms with Crippen molar-refractivity contribution in [2.45, 2.75) is 46.5 Å². The Balaban J connectivity index is 1.50. The van der Waals surface area contributed by atoms with Crippen LogP contribution in [-0.2, 0) is 0 Å². The van der Waals surface area contributed by atoms with Crippen molar-refractivity contribution in [3.63, 3.8) is 0 Å². The van der Waals surface area contributed by atoms with Gasteiger partial charge in [-0.3, -0.25) is 0 Å². The lowest BCUT2D eigenvalue weighted by atomic mass is 9.72. The Kier molecular flexibility index (Phi) is 3.66. The van der Waals surface area contributed by atoms with Gasteiger partial charge < -0.3 is 4.90 Å². The molecular formula is C19H29N. The van der Waals surface area contributed by atoms with Crippen LogP contribution in [0.3, 0.4) is 0 Å². The average Bonchev–Trinajstić information content (AvgIpc) is 2.29. The van der Waals surface area contributed by atoms with Gasteiger partial charge in [0.15, 0.2) is 0 Å². The molecule has 3 rings (SSSR count). The number of rotatable bonds is 3. The average molecular weight is 271 g/mol. The third kappa shape index (κ3) is 3.09. The Morgan fingerprint density at radius 3 is 2.05 bits per heavy atom. The normalized spacial score (nSPS) is 25.9. The topological polar surface area (TPSA) is 3.24 Å². The van der Waals surface area contributed by atoms with E-state index in [1.54, 1.807) is 11.1 Å². The fraction of sp³-hybridized carbons (Fsp3) is 0.684. The molecule has 1 saturated carbocycles. The summed E-state index contributed by atoms with van der Waals surface area (Å²) in [6, 6.07) is 0. The first-order valence-electron chi connectivity index (χ1n) is 8.19. The zero-order chi connectivity index (χ0) is 14.3. The van der Waals surface area contributed by atoms with E-state index in [0.29, 0.717) is 5.41 Å². The predicted octanol–water partition coefficient (Wildman–Crippen LogP) is 4.58. The molecule has 1 saturated heterocycles. The molecule has 0 aromatic rings. The fourth-order valence-corrected chi connectivity index (χ4v) is 3.85. The Morgan fingerprint density at radius 1 is 1.05 bits per heavy atom. The third-order valence-corrected chi connectivity index (χ3v) is 4.99. The molecule has 0 radical (unpaired) electrons. The van der Waals surface area contributed by atoms with Crippen LogP contribution in [0.15, 0.2) is 35.5 Å². The molecule has 1 aliphatic heterocycles.